The smallest absolute Gasteiger partial charge is 0.252 e. The van der Waals surface area contributed by atoms with Crippen LogP contribution >= 0.6 is 0 Å². The molecule has 0 saturated heterocycles. The Kier molecular flexibility index (Phi) is 1.94. The Morgan fingerprint density at radius 3 is 3.00 bits per heavy atom. The van der Waals surface area contributed by atoms with Gasteiger partial charge in [-0.3, -0.25) is 5.10 Å². The summed E-state index contributed by atoms with van der Waals surface area (Å²) in [5.41, 5.74) is 7.49. The van der Waals surface area contributed by atoms with Crippen molar-refractivity contribution >= 4 is 17.1 Å². The lowest BCUT2D eigenvalue weighted by molar-refractivity contribution is 0.448. The van der Waals surface area contributed by atoms with Crippen molar-refractivity contribution in [2.45, 2.75) is 6.92 Å². The molecule has 0 aliphatic rings. The van der Waals surface area contributed by atoms with Gasteiger partial charge in [0.1, 0.15) is 5.52 Å². The minimum absolute atomic E-state index is 0.104. The molecule has 0 bridgehead atoms. The predicted octanol–water partition coefficient (Wildman–Crippen LogP) is 0.759. The van der Waals surface area contributed by atoms with E-state index in [0.29, 0.717) is 22.9 Å². The average Bonchev–Trinajstić information content (AvgIpc) is 2.87. The highest BCUT2D eigenvalue weighted by Gasteiger charge is 2.11. The fourth-order valence-electron chi connectivity index (χ4n) is 1.44. The topological polar surface area (TPSA) is 118 Å². The van der Waals surface area contributed by atoms with E-state index in [9.17, 15) is 0 Å². The van der Waals surface area contributed by atoms with Crippen molar-refractivity contribution in [2.75, 3.05) is 5.73 Å². The molecule has 8 heteroatoms. The SMILES string of the molecule is Cc1cc(Oc2nc(N)nc3nc[nH]c23)n[nH]1. The first-order chi connectivity index (χ1) is 8.22. The normalized spacial score (nSPS) is 10.9. The monoisotopic (exact) mass is 231 g/mol. The fraction of sp³-hybridized carbons (Fsp3) is 0.111. The maximum Gasteiger partial charge on any atom is 0.252 e. The summed E-state index contributed by atoms with van der Waals surface area (Å²) in [4.78, 5) is 14.8. The van der Waals surface area contributed by atoms with Gasteiger partial charge in [-0.2, -0.15) is 9.97 Å². The second-order valence-corrected chi connectivity index (χ2v) is 3.48. The molecule has 86 valence electrons. The number of anilines is 1. The molecule has 0 fully saturated rings. The van der Waals surface area contributed by atoms with Gasteiger partial charge in [-0.1, -0.05) is 0 Å². The number of rotatable bonds is 2. The number of ether oxygens (including phenoxy) is 1. The van der Waals surface area contributed by atoms with Crippen molar-refractivity contribution in [1.29, 1.82) is 0 Å². The first-order valence-electron chi connectivity index (χ1n) is 4.89. The number of fused-ring (bicyclic) bond motifs is 1. The predicted molar refractivity (Wildman–Crippen MR) is 59.5 cm³/mol. The summed E-state index contributed by atoms with van der Waals surface area (Å²) in [6.45, 7) is 1.87. The van der Waals surface area contributed by atoms with Crippen molar-refractivity contribution in [2.24, 2.45) is 0 Å². The number of hydrogen-bond donors (Lipinski definition) is 3. The third-order valence-corrected chi connectivity index (χ3v) is 2.15. The molecule has 0 spiro atoms. The largest absolute Gasteiger partial charge is 0.417 e. The van der Waals surface area contributed by atoms with Crippen LogP contribution in [0, 0.1) is 6.92 Å². The van der Waals surface area contributed by atoms with Crippen molar-refractivity contribution in [3.8, 4) is 11.8 Å². The van der Waals surface area contributed by atoms with E-state index in [2.05, 4.69) is 30.1 Å². The second-order valence-electron chi connectivity index (χ2n) is 3.48. The van der Waals surface area contributed by atoms with E-state index >= 15 is 0 Å². The molecule has 0 saturated carbocycles. The minimum Gasteiger partial charge on any atom is -0.417 e. The Morgan fingerprint density at radius 1 is 1.35 bits per heavy atom. The summed E-state index contributed by atoms with van der Waals surface area (Å²) in [5.74, 6) is 0.819. The van der Waals surface area contributed by atoms with E-state index < -0.39 is 0 Å². The molecule has 3 aromatic rings. The third kappa shape index (κ3) is 1.65. The number of nitrogen functional groups attached to an aromatic ring is 1. The van der Waals surface area contributed by atoms with Gasteiger partial charge in [-0.15, -0.1) is 5.10 Å². The molecular formula is C9H9N7O. The van der Waals surface area contributed by atoms with Gasteiger partial charge in [0, 0.05) is 11.8 Å². The van der Waals surface area contributed by atoms with Crippen LogP contribution in [0.4, 0.5) is 5.95 Å². The van der Waals surface area contributed by atoms with Crippen LogP contribution < -0.4 is 10.5 Å². The van der Waals surface area contributed by atoms with Crippen molar-refractivity contribution in [3.63, 3.8) is 0 Å². The Morgan fingerprint density at radius 2 is 2.24 bits per heavy atom. The first kappa shape index (κ1) is 9.58. The van der Waals surface area contributed by atoms with Gasteiger partial charge in [0.2, 0.25) is 11.8 Å². The molecule has 3 rings (SSSR count). The van der Waals surface area contributed by atoms with Crippen LogP contribution in [0.1, 0.15) is 5.69 Å². The molecule has 8 nitrogen and oxygen atoms in total. The lowest BCUT2D eigenvalue weighted by Crippen LogP contribution is -1.98. The Hall–Kier alpha value is -2.64. The number of aryl methyl sites for hydroxylation is 1. The molecule has 0 radical (unpaired) electrons. The lowest BCUT2D eigenvalue weighted by Gasteiger charge is -2.02. The van der Waals surface area contributed by atoms with E-state index in [-0.39, 0.29) is 5.95 Å². The molecule has 0 aliphatic carbocycles. The second kappa shape index (κ2) is 3.44. The first-order valence-corrected chi connectivity index (χ1v) is 4.89. The zero-order valence-corrected chi connectivity index (χ0v) is 8.93. The van der Waals surface area contributed by atoms with Gasteiger partial charge < -0.3 is 15.5 Å². The molecule has 0 unspecified atom stereocenters. The summed E-state index contributed by atoms with van der Waals surface area (Å²) in [5, 5.41) is 6.72. The van der Waals surface area contributed by atoms with Crippen molar-refractivity contribution in [3.05, 3.63) is 18.1 Å². The molecule has 0 amide bonds. The Labute approximate surface area is 95.3 Å². The number of nitrogens with one attached hydrogen (secondary N) is 2. The number of imidazole rings is 1. The quantitative estimate of drug-likeness (QED) is 0.599. The highest BCUT2D eigenvalue weighted by Crippen LogP contribution is 2.24. The van der Waals surface area contributed by atoms with Gasteiger partial charge in [0.05, 0.1) is 6.33 Å². The Balaban J connectivity index is 2.07. The van der Waals surface area contributed by atoms with Crippen molar-refractivity contribution in [1.82, 2.24) is 30.1 Å². The molecule has 0 aliphatic heterocycles. The molecule has 0 aromatic carbocycles. The average molecular weight is 231 g/mol. The minimum atomic E-state index is 0.104. The highest BCUT2D eigenvalue weighted by molar-refractivity contribution is 5.76. The van der Waals surface area contributed by atoms with Crippen molar-refractivity contribution < 1.29 is 4.74 Å². The van der Waals surface area contributed by atoms with E-state index in [1.165, 1.54) is 6.33 Å². The standard InChI is InChI=1S/C9H9N7O/c1-4-2-5(16-15-4)17-8-6-7(12-3-11-6)13-9(10)14-8/h2-3H,1H3,(H,15,16)(H3,10,11,12,13,14). The van der Waals surface area contributed by atoms with Crippen LogP contribution in [-0.2, 0) is 0 Å². The van der Waals surface area contributed by atoms with Crippen LogP contribution in [0.2, 0.25) is 0 Å². The van der Waals surface area contributed by atoms with Crippen LogP contribution in [-0.4, -0.2) is 30.1 Å². The summed E-state index contributed by atoms with van der Waals surface area (Å²) in [6.07, 6.45) is 1.50. The van der Waals surface area contributed by atoms with Crippen LogP contribution in [0.5, 0.6) is 11.8 Å². The molecule has 3 heterocycles. The fourth-order valence-corrected chi connectivity index (χ4v) is 1.44. The number of nitrogens with zero attached hydrogens (tertiary/aromatic N) is 4. The van der Waals surface area contributed by atoms with Crippen LogP contribution in [0.25, 0.3) is 11.2 Å². The molecule has 17 heavy (non-hydrogen) atoms. The lowest BCUT2D eigenvalue weighted by atomic mass is 10.5. The molecule has 0 atom stereocenters. The summed E-state index contributed by atoms with van der Waals surface area (Å²) in [6, 6.07) is 1.75. The summed E-state index contributed by atoms with van der Waals surface area (Å²) < 4.78 is 5.51. The van der Waals surface area contributed by atoms with Gasteiger partial charge in [0.15, 0.2) is 5.65 Å². The number of aromatic nitrogens is 6. The number of H-pyrrole nitrogens is 2. The van der Waals surface area contributed by atoms with E-state index in [1.807, 2.05) is 6.92 Å². The van der Waals surface area contributed by atoms with E-state index in [0.717, 1.165) is 5.69 Å². The molecule has 3 aromatic heterocycles. The number of hydrogen-bond acceptors (Lipinski definition) is 6. The Bertz CT molecular complexity index is 671. The maximum atomic E-state index is 5.56. The zero-order chi connectivity index (χ0) is 11.8. The maximum absolute atomic E-state index is 5.56. The van der Waals surface area contributed by atoms with Crippen LogP contribution in [0.3, 0.4) is 0 Å². The summed E-state index contributed by atoms with van der Waals surface area (Å²) in [7, 11) is 0. The van der Waals surface area contributed by atoms with Gasteiger partial charge in [-0.25, -0.2) is 4.98 Å². The molecule has 4 N–H and O–H groups in total. The third-order valence-electron chi connectivity index (χ3n) is 2.15. The zero-order valence-electron chi connectivity index (χ0n) is 8.93. The van der Waals surface area contributed by atoms with Gasteiger partial charge >= 0.3 is 0 Å². The highest BCUT2D eigenvalue weighted by atomic mass is 16.5. The summed E-state index contributed by atoms with van der Waals surface area (Å²) >= 11 is 0. The van der Waals surface area contributed by atoms with Crippen LogP contribution in [0.15, 0.2) is 12.4 Å². The van der Waals surface area contributed by atoms with E-state index in [4.69, 9.17) is 10.5 Å². The van der Waals surface area contributed by atoms with E-state index in [1.54, 1.807) is 6.07 Å². The van der Waals surface area contributed by atoms with Gasteiger partial charge in [0.25, 0.3) is 5.88 Å². The van der Waals surface area contributed by atoms with Gasteiger partial charge in [-0.05, 0) is 6.92 Å². The molecular weight excluding hydrogens is 222 g/mol. The number of nitrogens with two attached hydrogens (primary N) is 1. The number of aromatic amines is 2.